The molecular weight excluding hydrogens is 268 g/mol. The van der Waals surface area contributed by atoms with Gasteiger partial charge in [0.2, 0.25) is 5.91 Å². The highest BCUT2D eigenvalue weighted by Gasteiger charge is 2.23. The zero-order chi connectivity index (χ0) is 13.4. The summed E-state index contributed by atoms with van der Waals surface area (Å²) in [6.45, 7) is 0.684. The van der Waals surface area contributed by atoms with Crippen molar-refractivity contribution >= 4 is 23.2 Å². The van der Waals surface area contributed by atoms with Crippen LogP contribution >= 0.6 is 11.6 Å². The normalized spacial score (nSPS) is 15.2. The molecule has 3 rings (SSSR count). The van der Waals surface area contributed by atoms with E-state index in [1.54, 1.807) is 23.1 Å². The predicted octanol–water partition coefficient (Wildman–Crippen LogP) is 2.21. The number of carbonyl (C=O) groups is 1. The maximum atomic E-state index is 11.7. The Morgan fingerprint density at radius 2 is 2.11 bits per heavy atom. The average molecular weight is 279 g/mol. The molecule has 98 valence electrons. The third-order valence-corrected chi connectivity index (χ3v) is 3.45. The summed E-state index contributed by atoms with van der Waals surface area (Å²) in [5.74, 6) is -0.392. The second-order valence-electron chi connectivity index (χ2n) is 4.32. The van der Waals surface area contributed by atoms with Crippen LogP contribution in [0.25, 0.3) is 5.69 Å². The van der Waals surface area contributed by atoms with Crippen LogP contribution in [0.2, 0.25) is 5.02 Å². The summed E-state index contributed by atoms with van der Waals surface area (Å²) in [4.78, 5) is 24.8. The van der Waals surface area contributed by atoms with E-state index in [2.05, 4.69) is 0 Å². The van der Waals surface area contributed by atoms with Crippen LogP contribution in [0.3, 0.4) is 0 Å². The summed E-state index contributed by atoms with van der Waals surface area (Å²) in [5.41, 5.74) is 1.30. The predicted molar refractivity (Wildman–Crippen MR) is 70.9 cm³/mol. The summed E-state index contributed by atoms with van der Waals surface area (Å²) >= 11 is 6.20. The number of rotatable bonds is 2. The molecule has 0 radical (unpaired) electrons. The molecule has 5 nitrogen and oxygen atoms in total. The number of benzene rings is 1. The minimum atomic E-state index is -0.471. The number of oxazole rings is 1. The highest BCUT2D eigenvalue weighted by Crippen LogP contribution is 2.30. The summed E-state index contributed by atoms with van der Waals surface area (Å²) < 4.78 is 6.05. The Kier molecular flexibility index (Phi) is 2.91. The molecule has 6 heteroatoms. The van der Waals surface area contributed by atoms with E-state index in [1.165, 1.54) is 17.0 Å². The molecule has 1 saturated heterocycles. The van der Waals surface area contributed by atoms with Gasteiger partial charge in [0, 0.05) is 13.0 Å². The molecule has 2 aromatic rings. The first-order valence-electron chi connectivity index (χ1n) is 5.93. The van der Waals surface area contributed by atoms with Crippen molar-refractivity contribution in [2.24, 2.45) is 0 Å². The minimum Gasteiger partial charge on any atom is -0.416 e. The number of nitrogens with zero attached hydrogens (tertiary/aromatic N) is 2. The van der Waals surface area contributed by atoms with Crippen LogP contribution in [-0.4, -0.2) is 17.0 Å². The van der Waals surface area contributed by atoms with Gasteiger partial charge in [-0.3, -0.25) is 4.79 Å². The van der Waals surface area contributed by atoms with E-state index in [4.69, 9.17) is 16.0 Å². The van der Waals surface area contributed by atoms with Crippen LogP contribution in [0.15, 0.2) is 39.9 Å². The van der Waals surface area contributed by atoms with Gasteiger partial charge < -0.3 is 9.32 Å². The van der Waals surface area contributed by atoms with Crippen molar-refractivity contribution in [2.45, 2.75) is 12.8 Å². The Labute approximate surface area is 114 Å². The van der Waals surface area contributed by atoms with Gasteiger partial charge in [0.15, 0.2) is 0 Å². The number of hydrogen-bond acceptors (Lipinski definition) is 3. The molecular formula is C13H11ClN2O3. The third-order valence-electron chi connectivity index (χ3n) is 3.15. The van der Waals surface area contributed by atoms with E-state index in [-0.39, 0.29) is 5.91 Å². The Bertz CT molecular complexity index is 689. The Morgan fingerprint density at radius 1 is 1.26 bits per heavy atom. The van der Waals surface area contributed by atoms with Gasteiger partial charge in [0.05, 0.1) is 22.6 Å². The zero-order valence-corrected chi connectivity index (χ0v) is 10.8. The Hall–Kier alpha value is -2.01. The smallest absolute Gasteiger partial charge is 0.416 e. The highest BCUT2D eigenvalue weighted by atomic mass is 35.5. The first kappa shape index (κ1) is 12.0. The lowest BCUT2D eigenvalue weighted by Gasteiger charge is -2.17. The van der Waals surface area contributed by atoms with Gasteiger partial charge in [-0.15, -0.1) is 0 Å². The first-order valence-corrected chi connectivity index (χ1v) is 6.31. The lowest BCUT2D eigenvalue weighted by Crippen LogP contribution is -2.24. The molecule has 0 spiro atoms. The molecule has 0 unspecified atom stereocenters. The van der Waals surface area contributed by atoms with Crippen LogP contribution in [0.4, 0.5) is 5.69 Å². The number of amides is 1. The number of hydrogen-bond donors (Lipinski definition) is 0. The van der Waals surface area contributed by atoms with Crippen molar-refractivity contribution in [3.05, 3.63) is 46.2 Å². The van der Waals surface area contributed by atoms with E-state index < -0.39 is 5.76 Å². The zero-order valence-electron chi connectivity index (χ0n) is 10.0. The maximum absolute atomic E-state index is 11.7. The summed E-state index contributed by atoms with van der Waals surface area (Å²) in [5, 5.41) is 0.445. The van der Waals surface area contributed by atoms with Crippen LogP contribution < -0.4 is 10.7 Å². The van der Waals surface area contributed by atoms with Gasteiger partial charge in [-0.1, -0.05) is 11.6 Å². The van der Waals surface area contributed by atoms with E-state index in [0.29, 0.717) is 29.4 Å². The molecule has 1 aliphatic heterocycles. The van der Waals surface area contributed by atoms with Crippen LogP contribution in [0.5, 0.6) is 0 Å². The highest BCUT2D eigenvalue weighted by molar-refractivity contribution is 6.34. The molecule has 2 heterocycles. The third kappa shape index (κ3) is 2.06. The van der Waals surface area contributed by atoms with Gasteiger partial charge in [0.1, 0.15) is 6.26 Å². The van der Waals surface area contributed by atoms with Crippen molar-refractivity contribution < 1.29 is 9.21 Å². The lowest BCUT2D eigenvalue weighted by molar-refractivity contribution is -0.117. The fourth-order valence-corrected chi connectivity index (χ4v) is 2.50. The van der Waals surface area contributed by atoms with Gasteiger partial charge in [-0.05, 0) is 24.6 Å². The standard InChI is InChI=1S/C13H11ClN2O3/c14-10-8-9(15-6-7-19-13(15)18)3-4-11(10)16-5-1-2-12(16)17/h3-4,6-8H,1-2,5H2. The van der Waals surface area contributed by atoms with Crippen molar-refractivity contribution in [1.29, 1.82) is 0 Å². The van der Waals surface area contributed by atoms with E-state index in [0.717, 1.165) is 6.42 Å². The quantitative estimate of drug-likeness (QED) is 0.846. The van der Waals surface area contributed by atoms with Crippen molar-refractivity contribution in [3.63, 3.8) is 0 Å². The monoisotopic (exact) mass is 278 g/mol. The summed E-state index contributed by atoms with van der Waals surface area (Å²) in [6.07, 6.45) is 4.24. The van der Waals surface area contributed by atoms with Gasteiger partial charge >= 0.3 is 5.76 Å². The molecule has 1 amide bonds. The molecule has 1 aromatic heterocycles. The number of carbonyl (C=O) groups excluding carboxylic acids is 1. The number of halogens is 1. The number of anilines is 1. The Morgan fingerprint density at radius 3 is 2.68 bits per heavy atom. The van der Waals surface area contributed by atoms with Crippen LogP contribution in [0.1, 0.15) is 12.8 Å². The molecule has 0 N–H and O–H groups in total. The average Bonchev–Trinajstić information content (AvgIpc) is 2.98. The molecule has 0 atom stereocenters. The van der Waals surface area contributed by atoms with Gasteiger partial charge in [-0.25, -0.2) is 9.36 Å². The van der Waals surface area contributed by atoms with E-state index in [1.807, 2.05) is 0 Å². The van der Waals surface area contributed by atoms with Crippen LogP contribution in [-0.2, 0) is 4.79 Å². The van der Waals surface area contributed by atoms with Crippen LogP contribution in [0, 0.1) is 0 Å². The summed E-state index contributed by atoms with van der Waals surface area (Å²) in [6, 6.07) is 5.14. The molecule has 1 aliphatic rings. The Balaban J connectivity index is 2.01. The topological polar surface area (TPSA) is 55.5 Å². The molecule has 0 saturated carbocycles. The molecule has 0 bridgehead atoms. The largest absolute Gasteiger partial charge is 0.423 e. The summed E-state index contributed by atoms with van der Waals surface area (Å²) in [7, 11) is 0. The fraction of sp³-hybridized carbons (Fsp3) is 0.231. The maximum Gasteiger partial charge on any atom is 0.423 e. The number of aromatic nitrogens is 1. The molecule has 19 heavy (non-hydrogen) atoms. The van der Waals surface area contributed by atoms with E-state index in [9.17, 15) is 9.59 Å². The van der Waals surface area contributed by atoms with E-state index >= 15 is 0 Å². The molecule has 0 aliphatic carbocycles. The minimum absolute atomic E-state index is 0.0788. The second-order valence-corrected chi connectivity index (χ2v) is 4.73. The fourth-order valence-electron chi connectivity index (χ4n) is 2.23. The molecule has 1 aromatic carbocycles. The van der Waals surface area contributed by atoms with Crippen molar-refractivity contribution in [1.82, 2.24) is 4.57 Å². The van der Waals surface area contributed by atoms with Crippen molar-refractivity contribution in [3.8, 4) is 5.69 Å². The van der Waals surface area contributed by atoms with Crippen molar-refractivity contribution in [2.75, 3.05) is 11.4 Å². The SMILES string of the molecule is O=C1CCCN1c1ccc(-n2ccoc2=O)cc1Cl. The van der Waals surface area contributed by atoms with Gasteiger partial charge in [-0.2, -0.15) is 0 Å². The molecule has 1 fully saturated rings. The first-order chi connectivity index (χ1) is 9.16. The second kappa shape index (κ2) is 4.59. The van der Waals surface area contributed by atoms with Gasteiger partial charge in [0.25, 0.3) is 0 Å². The lowest BCUT2D eigenvalue weighted by atomic mass is 10.2.